The topological polar surface area (TPSA) is 16.4 Å². The highest BCUT2D eigenvalue weighted by Gasteiger charge is 2.17. The molecule has 56 heavy (non-hydrogen) atoms. The first-order valence-corrected chi connectivity index (χ1v) is 19.4. The average molecular weight is 718 g/mol. The highest BCUT2D eigenvalue weighted by atomic mass is 16.3. The van der Waals surface area contributed by atoms with E-state index >= 15 is 0 Å². The van der Waals surface area contributed by atoms with E-state index in [1.807, 2.05) is 12.1 Å². The third-order valence-corrected chi connectivity index (χ3v) is 10.9. The Hall–Kier alpha value is -7.16. The molecule has 0 saturated heterocycles. The molecule has 0 amide bonds. The number of hydrogen-bond acceptors (Lipinski definition) is 2. The molecule has 0 aliphatic heterocycles. The van der Waals surface area contributed by atoms with E-state index < -0.39 is 0 Å². The van der Waals surface area contributed by atoms with Crippen LogP contribution < -0.4 is 4.90 Å². The van der Waals surface area contributed by atoms with Crippen LogP contribution in [0.15, 0.2) is 217 Å². The van der Waals surface area contributed by atoms with Gasteiger partial charge in [0.15, 0.2) is 0 Å². The molecule has 1 heterocycles. The molecule has 0 radical (unpaired) electrons. The molecular weight excluding hydrogens is 679 g/mol. The fourth-order valence-electron chi connectivity index (χ4n) is 8.01. The summed E-state index contributed by atoms with van der Waals surface area (Å²) in [6.45, 7) is 0. The molecule has 8 aromatic carbocycles. The van der Waals surface area contributed by atoms with Crippen molar-refractivity contribution >= 4 is 44.6 Å². The molecule has 266 valence electrons. The highest BCUT2D eigenvalue weighted by molar-refractivity contribution is 6.09. The quantitative estimate of drug-likeness (QED) is 0.156. The molecule has 1 aliphatic rings. The Balaban J connectivity index is 1.02. The molecule has 2 heteroatoms. The van der Waals surface area contributed by atoms with E-state index in [1.165, 1.54) is 44.5 Å². The number of hydrogen-bond donors (Lipinski definition) is 0. The van der Waals surface area contributed by atoms with Crippen molar-refractivity contribution in [3.05, 3.63) is 218 Å². The van der Waals surface area contributed by atoms with Crippen molar-refractivity contribution < 1.29 is 4.42 Å². The summed E-state index contributed by atoms with van der Waals surface area (Å²) < 4.78 is 6.47. The molecule has 9 aromatic rings. The maximum absolute atomic E-state index is 6.47. The smallest absolute Gasteiger partial charge is 0.143 e. The fourth-order valence-corrected chi connectivity index (χ4v) is 8.01. The van der Waals surface area contributed by atoms with Gasteiger partial charge in [-0.3, -0.25) is 0 Å². The summed E-state index contributed by atoms with van der Waals surface area (Å²) in [7, 11) is 0. The van der Waals surface area contributed by atoms with Gasteiger partial charge in [-0.05, 0) is 105 Å². The first-order chi connectivity index (χ1) is 27.7. The van der Waals surface area contributed by atoms with Crippen LogP contribution in [0, 0.1) is 0 Å². The van der Waals surface area contributed by atoms with Crippen LogP contribution in [0.1, 0.15) is 18.4 Å². The highest BCUT2D eigenvalue weighted by Crippen LogP contribution is 2.41. The van der Waals surface area contributed by atoms with Crippen molar-refractivity contribution in [2.24, 2.45) is 0 Å². The summed E-state index contributed by atoms with van der Waals surface area (Å²) in [5, 5.41) is 2.26. The second kappa shape index (κ2) is 14.6. The summed E-state index contributed by atoms with van der Waals surface area (Å²) in [4.78, 5) is 2.35. The van der Waals surface area contributed by atoms with E-state index in [1.54, 1.807) is 0 Å². The Kier molecular flexibility index (Phi) is 8.70. The van der Waals surface area contributed by atoms with Crippen LogP contribution in [0.25, 0.3) is 72.0 Å². The van der Waals surface area contributed by atoms with E-state index in [0.29, 0.717) is 0 Å². The maximum Gasteiger partial charge on any atom is 0.143 e. The summed E-state index contributed by atoms with van der Waals surface area (Å²) >= 11 is 0. The Bertz CT molecular complexity index is 2860. The standard InChI is InChI=1S/C54H39NO/c1-3-11-38(12-4-1)40-21-25-42(26-22-40)44-29-33-47(34-30-44)55(48-35-31-45(32-36-48)43-27-23-41(24-28-43)39-13-5-2-6-14-39)49-16-9-15-46(37-49)50-18-10-19-52-51-17-7-8-20-53(51)56-54(50)52/h1,3-5,7-37H,2,6H2. The number of anilines is 3. The van der Waals surface area contributed by atoms with Gasteiger partial charge in [-0.25, -0.2) is 0 Å². The van der Waals surface area contributed by atoms with Crippen LogP contribution in [0.2, 0.25) is 0 Å². The molecule has 10 rings (SSSR count). The molecule has 0 atom stereocenters. The van der Waals surface area contributed by atoms with Crippen molar-refractivity contribution in [1.29, 1.82) is 0 Å². The van der Waals surface area contributed by atoms with Gasteiger partial charge in [0.25, 0.3) is 0 Å². The number of rotatable bonds is 8. The van der Waals surface area contributed by atoms with Crippen LogP contribution in [0.4, 0.5) is 17.1 Å². The third-order valence-electron chi connectivity index (χ3n) is 10.9. The third kappa shape index (κ3) is 6.42. The second-order valence-corrected chi connectivity index (χ2v) is 14.4. The van der Waals surface area contributed by atoms with Crippen LogP contribution in [0.3, 0.4) is 0 Å². The minimum Gasteiger partial charge on any atom is -0.455 e. The van der Waals surface area contributed by atoms with Crippen molar-refractivity contribution in [3.8, 4) is 44.5 Å². The number of fused-ring (bicyclic) bond motifs is 3. The second-order valence-electron chi connectivity index (χ2n) is 14.4. The van der Waals surface area contributed by atoms with Crippen molar-refractivity contribution in [2.45, 2.75) is 12.8 Å². The normalized spacial score (nSPS) is 12.5. The maximum atomic E-state index is 6.47. The molecule has 1 aliphatic carbocycles. The largest absolute Gasteiger partial charge is 0.455 e. The predicted octanol–water partition coefficient (Wildman–Crippen LogP) is 15.5. The first-order valence-electron chi connectivity index (χ1n) is 19.4. The predicted molar refractivity (Wildman–Crippen MR) is 236 cm³/mol. The van der Waals surface area contributed by atoms with Crippen molar-refractivity contribution in [2.75, 3.05) is 4.90 Å². The summed E-state index contributed by atoms with van der Waals surface area (Å²) in [6, 6.07) is 69.7. The van der Waals surface area contributed by atoms with Crippen molar-refractivity contribution in [1.82, 2.24) is 0 Å². The zero-order chi connectivity index (χ0) is 37.3. The number of benzene rings is 8. The molecule has 2 nitrogen and oxygen atoms in total. The first kappa shape index (κ1) is 33.4. The van der Waals surface area contributed by atoms with Gasteiger partial charge in [0.05, 0.1) is 0 Å². The Morgan fingerprint density at radius 3 is 1.52 bits per heavy atom. The molecule has 0 unspecified atom stereocenters. The Labute approximate surface area is 327 Å². The van der Waals surface area contributed by atoms with Gasteiger partial charge in [0.2, 0.25) is 0 Å². The van der Waals surface area contributed by atoms with Gasteiger partial charge in [-0.2, -0.15) is 0 Å². The van der Waals surface area contributed by atoms with E-state index in [0.717, 1.165) is 63.0 Å². The van der Waals surface area contributed by atoms with E-state index in [9.17, 15) is 0 Å². The van der Waals surface area contributed by atoms with Gasteiger partial charge in [0, 0.05) is 33.4 Å². The molecule has 0 spiro atoms. The van der Waals surface area contributed by atoms with Gasteiger partial charge in [-0.15, -0.1) is 0 Å². The van der Waals surface area contributed by atoms with Gasteiger partial charge in [-0.1, -0.05) is 170 Å². The zero-order valence-corrected chi connectivity index (χ0v) is 31.0. The number of allylic oxidation sites excluding steroid dienone is 4. The lowest BCUT2D eigenvalue weighted by Crippen LogP contribution is -2.10. The summed E-state index contributed by atoms with van der Waals surface area (Å²) in [5.74, 6) is 0. The SMILES string of the molecule is C1=CC(c2ccc(-c3ccc(N(c4ccc(-c5ccc(-c6ccccc6)cc5)cc4)c4cccc(-c5cccc6c5oc5ccccc56)c4)cc3)cc2)=CCC1. The van der Waals surface area contributed by atoms with Gasteiger partial charge < -0.3 is 9.32 Å². The minimum atomic E-state index is 0.903. The molecule has 0 saturated carbocycles. The Morgan fingerprint density at radius 1 is 0.375 bits per heavy atom. The average Bonchev–Trinajstić information content (AvgIpc) is 3.67. The van der Waals surface area contributed by atoms with E-state index in [-0.39, 0.29) is 0 Å². The number of nitrogens with zero attached hydrogens (tertiary/aromatic N) is 1. The lowest BCUT2D eigenvalue weighted by Gasteiger charge is -2.26. The number of furan rings is 1. The molecule has 1 aromatic heterocycles. The van der Waals surface area contributed by atoms with Gasteiger partial charge in [0.1, 0.15) is 11.2 Å². The van der Waals surface area contributed by atoms with Crippen LogP contribution >= 0.6 is 0 Å². The lowest BCUT2D eigenvalue weighted by molar-refractivity contribution is 0.670. The molecular formula is C54H39NO. The van der Waals surface area contributed by atoms with Crippen LogP contribution in [-0.4, -0.2) is 0 Å². The van der Waals surface area contributed by atoms with Crippen LogP contribution in [-0.2, 0) is 0 Å². The number of para-hydroxylation sites is 2. The minimum absolute atomic E-state index is 0.903. The fraction of sp³-hybridized carbons (Fsp3) is 0.0370. The zero-order valence-electron chi connectivity index (χ0n) is 31.0. The molecule has 0 fully saturated rings. The van der Waals surface area contributed by atoms with Crippen molar-refractivity contribution in [3.63, 3.8) is 0 Å². The summed E-state index contributed by atoms with van der Waals surface area (Å²) in [5.41, 5.74) is 17.0. The van der Waals surface area contributed by atoms with E-state index in [2.05, 4.69) is 205 Å². The Morgan fingerprint density at radius 2 is 0.893 bits per heavy atom. The summed E-state index contributed by atoms with van der Waals surface area (Å²) in [6.07, 6.45) is 9.06. The monoisotopic (exact) mass is 717 g/mol. The van der Waals surface area contributed by atoms with E-state index in [4.69, 9.17) is 4.42 Å². The molecule has 0 bridgehead atoms. The van der Waals surface area contributed by atoms with Crippen LogP contribution in [0.5, 0.6) is 0 Å². The molecule has 0 N–H and O–H groups in total. The van der Waals surface area contributed by atoms with Gasteiger partial charge >= 0.3 is 0 Å². The lowest BCUT2D eigenvalue weighted by atomic mass is 9.97.